The zero-order valence-electron chi connectivity index (χ0n) is 25.1. The van der Waals surface area contributed by atoms with Gasteiger partial charge in [0.05, 0.1) is 0 Å². The smallest absolute Gasteiger partial charge is 0.328 e. The molecule has 3 aromatic carbocycles. The van der Waals surface area contributed by atoms with Crippen molar-refractivity contribution in [2.45, 2.75) is 41.5 Å². The Hall–Kier alpha value is -5.01. The van der Waals surface area contributed by atoms with E-state index in [2.05, 4.69) is 0 Å². The minimum absolute atomic E-state index is 0.0457. The van der Waals surface area contributed by atoms with Crippen molar-refractivity contribution in [1.82, 2.24) is 0 Å². The van der Waals surface area contributed by atoms with Crippen LogP contribution in [-0.4, -0.2) is 44.8 Å². The number of carbonyl (C=O) groups is 6. The Bertz CT molecular complexity index is 1750. The van der Waals surface area contributed by atoms with Crippen molar-refractivity contribution in [3.8, 4) is 0 Å². The molecule has 0 aliphatic carbocycles. The molecule has 3 rings (SSSR count). The van der Waals surface area contributed by atoms with E-state index >= 15 is 4.57 Å². The van der Waals surface area contributed by atoms with Crippen LogP contribution in [0.3, 0.4) is 0 Å². The molecule has 0 radical (unpaired) electrons. The van der Waals surface area contributed by atoms with Gasteiger partial charge in [-0.1, -0.05) is 42.5 Å². The Balaban J connectivity index is 2.36. The van der Waals surface area contributed by atoms with Crippen molar-refractivity contribution in [3.63, 3.8) is 0 Å². The predicted molar refractivity (Wildman–Crippen MR) is 166 cm³/mol. The second-order valence-corrected chi connectivity index (χ2v) is 12.9. The molecule has 0 amide bonds. The molecule has 0 aliphatic heterocycles. The summed E-state index contributed by atoms with van der Waals surface area (Å²) in [6.45, 7) is 9.36. The number of carboxylic acid groups (broad SMARTS) is 2. The van der Waals surface area contributed by atoms with Gasteiger partial charge in [-0.15, -0.1) is 0 Å². The van der Waals surface area contributed by atoms with Crippen LogP contribution in [-0.2, 0) is 14.2 Å². The first-order valence-corrected chi connectivity index (χ1v) is 15.1. The first-order chi connectivity index (χ1) is 20.5. The molecular formula is C34H31O9P. The average Bonchev–Trinajstić information content (AvgIpc) is 2.94. The highest BCUT2D eigenvalue weighted by molar-refractivity contribution is 8.01. The number of aliphatic carboxylic acids is 2. The van der Waals surface area contributed by atoms with E-state index in [4.69, 9.17) is 10.2 Å². The van der Waals surface area contributed by atoms with Crippen LogP contribution in [0, 0.1) is 41.5 Å². The Kier molecular flexibility index (Phi) is 9.97. The molecule has 0 aromatic heterocycles. The standard InChI is InChI=1S/C34H31O9P/c1-18-16-20(3)31(22(5)29(18)25(35)12-14-27(37)38)33(41)44(43,24-10-8-7-9-11-24)34(42)32-21(4)17-19(2)30(23(32)6)26(36)13-15-28(39)40/h7-17H,1-6H3,(H,37,38)(H,39,40)/b14-12-,15-13-. The summed E-state index contributed by atoms with van der Waals surface area (Å²) in [5.41, 5.74) is -0.228. The highest BCUT2D eigenvalue weighted by atomic mass is 31.2. The van der Waals surface area contributed by atoms with E-state index in [9.17, 15) is 28.8 Å². The summed E-state index contributed by atoms with van der Waals surface area (Å²) in [5, 5.41) is 17.9. The van der Waals surface area contributed by atoms with Gasteiger partial charge in [0.1, 0.15) is 0 Å². The van der Waals surface area contributed by atoms with Crippen molar-refractivity contribution in [3.05, 3.63) is 122 Å². The number of carbonyl (C=O) groups excluding carboxylic acids is 4. The van der Waals surface area contributed by atoms with Gasteiger partial charge in [-0.2, -0.15) is 0 Å². The van der Waals surface area contributed by atoms with Crippen molar-refractivity contribution in [1.29, 1.82) is 0 Å². The molecule has 3 aromatic rings. The van der Waals surface area contributed by atoms with Gasteiger partial charge in [0.25, 0.3) is 0 Å². The van der Waals surface area contributed by atoms with E-state index < -0.39 is 41.7 Å². The minimum Gasteiger partial charge on any atom is -0.478 e. The molecule has 226 valence electrons. The lowest BCUT2D eigenvalue weighted by atomic mass is 9.91. The third-order valence-corrected chi connectivity index (χ3v) is 9.93. The van der Waals surface area contributed by atoms with Crippen LogP contribution in [0.25, 0.3) is 0 Å². The summed E-state index contributed by atoms with van der Waals surface area (Å²) in [6.07, 6.45) is 3.07. The second-order valence-electron chi connectivity index (χ2n) is 10.4. The van der Waals surface area contributed by atoms with E-state index in [-0.39, 0.29) is 38.7 Å². The van der Waals surface area contributed by atoms with Gasteiger partial charge in [0, 0.05) is 39.7 Å². The van der Waals surface area contributed by atoms with E-state index in [1.54, 1.807) is 33.8 Å². The third-order valence-electron chi connectivity index (χ3n) is 7.31. The van der Waals surface area contributed by atoms with Gasteiger partial charge in [0.2, 0.25) is 18.2 Å². The maximum atomic E-state index is 15.1. The number of hydrogen-bond acceptors (Lipinski definition) is 7. The molecule has 0 saturated heterocycles. The maximum absolute atomic E-state index is 15.1. The lowest BCUT2D eigenvalue weighted by Crippen LogP contribution is -2.24. The number of aryl methyl sites for hydroxylation is 4. The van der Waals surface area contributed by atoms with Crippen molar-refractivity contribution < 1.29 is 43.5 Å². The first kappa shape index (κ1) is 33.5. The monoisotopic (exact) mass is 614 g/mol. The zero-order valence-corrected chi connectivity index (χ0v) is 25.9. The lowest BCUT2D eigenvalue weighted by molar-refractivity contribution is -0.132. The summed E-state index contributed by atoms with van der Waals surface area (Å²) in [5.74, 6) is -4.03. The molecule has 0 spiro atoms. The van der Waals surface area contributed by atoms with Crippen molar-refractivity contribution in [2.24, 2.45) is 0 Å². The van der Waals surface area contributed by atoms with E-state index in [0.29, 0.717) is 34.4 Å². The number of hydrogen-bond donors (Lipinski definition) is 2. The van der Waals surface area contributed by atoms with Gasteiger partial charge in [-0.25, -0.2) is 9.59 Å². The normalized spacial score (nSPS) is 11.6. The fourth-order valence-electron chi connectivity index (χ4n) is 5.53. The summed E-state index contributed by atoms with van der Waals surface area (Å²) >= 11 is 0. The van der Waals surface area contributed by atoms with Gasteiger partial charge < -0.3 is 14.8 Å². The molecule has 44 heavy (non-hydrogen) atoms. The van der Waals surface area contributed by atoms with Gasteiger partial charge in [-0.3, -0.25) is 19.2 Å². The van der Waals surface area contributed by atoms with E-state index in [1.807, 2.05) is 0 Å². The molecule has 0 atom stereocenters. The minimum atomic E-state index is -4.72. The van der Waals surface area contributed by atoms with Gasteiger partial charge in [-0.05, 0) is 87.1 Å². The number of rotatable bonds is 11. The largest absolute Gasteiger partial charge is 0.478 e. The van der Waals surface area contributed by atoms with Gasteiger partial charge >= 0.3 is 11.9 Å². The molecule has 0 aliphatic rings. The van der Waals surface area contributed by atoms with Crippen molar-refractivity contribution >= 4 is 47.0 Å². The number of allylic oxidation sites excluding steroid dienone is 2. The van der Waals surface area contributed by atoms with Crippen LogP contribution in [0.5, 0.6) is 0 Å². The van der Waals surface area contributed by atoms with Crippen LogP contribution >= 0.6 is 7.14 Å². The van der Waals surface area contributed by atoms with Gasteiger partial charge in [0.15, 0.2) is 11.6 Å². The molecule has 9 nitrogen and oxygen atoms in total. The predicted octanol–water partition coefficient (Wildman–Crippen LogP) is 5.85. The average molecular weight is 615 g/mol. The van der Waals surface area contributed by atoms with Crippen LogP contribution in [0.2, 0.25) is 0 Å². The molecule has 2 N–H and O–H groups in total. The van der Waals surface area contributed by atoms with Crippen LogP contribution in [0.4, 0.5) is 0 Å². The number of benzene rings is 3. The molecule has 0 saturated carbocycles. The fraction of sp³-hybridized carbons (Fsp3) is 0.176. The maximum Gasteiger partial charge on any atom is 0.328 e. The summed E-state index contributed by atoms with van der Waals surface area (Å²) in [4.78, 5) is 77.1. The van der Waals surface area contributed by atoms with E-state index in [1.165, 1.54) is 50.2 Å². The zero-order chi connectivity index (χ0) is 33.1. The number of carboxylic acids is 2. The molecule has 0 fully saturated rings. The molecular weight excluding hydrogens is 583 g/mol. The van der Waals surface area contributed by atoms with Crippen LogP contribution in [0.1, 0.15) is 74.8 Å². The SMILES string of the molecule is Cc1cc(C)c(C(=O)P(=O)(C(=O)c2c(C)cc(C)c(C(=O)/C=C\C(=O)O)c2C)c2ccccc2)c(C)c1C(=O)/C=C\C(=O)O. The molecule has 10 heteroatoms. The fourth-order valence-corrected chi connectivity index (χ4v) is 8.09. The van der Waals surface area contributed by atoms with E-state index in [0.717, 1.165) is 12.2 Å². The second kappa shape index (κ2) is 13.1. The highest BCUT2D eigenvalue weighted by Gasteiger charge is 2.45. The van der Waals surface area contributed by atoms with Crippen molar-refractivity contribution in [2.75, 3.05) is 0 Å². The molecule has 0 bridgehead atoms. The summed E-state index contributed by atoms with van der Waals surface area (Å²) in [7, 11) is -4.72. The summed E-state index contributed by atoms with van der Waals surface area (Å²) < 4.78 is 15.1. The Morgan fingerprint density at radius 3 is 1.23 bits per heavy atom. The number of ketones is 2. The van der Waals surface area contributed by atoms with Crippen LogP contribution < -0.4 is 5.30 Å². The molecule has 0 heterocycles. The Labute approximate surface area is 254 Å². The summed E-state index contributed by atoms with van der Waals surface area (Å²) in [6, 6.07) is 10.6. The van der Waals surface area contributed by atoms with Crippen LogP contribution in [0.15, 0.2) is 66.8 Å². The lowest BCUT2D eigenvalue weighted by Gasteiger charge is -2.23. The Morgan fingerprint density at radius 1 is 0.545 bits per heavy atom. The molecule has 0 unspecified atom stereocenters. The highest BCUT2D eigenvalue weighted by Crippen LogP contribution is 2.53. The Morgan fingerprint density at radius 2 is 0.886 bits per heavy atom. The quantitative estimate of drug-likeness (QED) is 0.153. The third kappa shape index (κ3) is 6.33. The topological polar surface area (TPSA) is 160 Å². The first-order valence-electron chi connectivity index (χ1n) is 13.4.